The van der Waals surface area contributed by atoms with Crippen LogP contribution in [0.4, 0.5) is 0 Å². The van der Waals surface area contributed by atoms with Gasteiger partial charge in [0.05, 0.1) is 5.69 Å². The van der Waals surface area contributed by atoms with E-state index in [-0.39, 0.29) is 0 Å². The van der Waals surface area contributed by atoms with E-state index in [1.54, 1.807) is 4.68 Å². The van der Waals surface area contributed by atoms with E-state index >= 15 is 0 Å². The van der Waals surface area contributed by atoms with Crippen LogP contribution in [0.25, 0.3) is 0 Å². The van der Waals surface area contributed by atoms with Gasteiger partial charge in [0.1, 0.15) is 5.15 Å². The lowest BCUT2D eigenvalue weighted by Crippen LogP contribution is -2.35. The Hall–Kier alpha value is -0.540. The number of hydrogen-bond acceptors (Lipinski definition) is 2. The van der Waals surface area contributed by atoms with Gasteiger partial charge < -0.3 is 5.32 Å². The van der Waals surface area contributed by atoms with Crippen LogP contribution in [0.1, 0.15) is 37.9 Å². The first-order valence-corrected chi connectivity index (χ1v) is 6.78. The Morgan fingerprint density at radius 2 is 1.94 bits per heavy atom. The van der Waals surface area contributed by atoms with Gasteiger partial charge in [-0.25, -0.2) is 0 Å². The Labute approximate surface area is 110 Å². The second kappa shape index (κ2) is 6.41. The van der Waals surface area contributed by atoms with E-state index in [2.05, 4.69) is 24.3 Å². The van der Waals surface area contributed by atoms with E-state index in [0.29, 0.717) is 12.0 Å². The minimum Gasteiger partial charge on any atom is -0.316 e. The van der Waals surface area contributed by atoms with Crippen LogP contribution < -0.4 is 5.32 Å². The Morgan fingerprint density at radius 1 is 1.35 bits per heavy atom. The lowest BCUT2D eigenvalue weighted by atomic mass is 9.90. The van der Waals surface area contributed by atoms with Gasteiger partial charge in [0.25, 0.3) is 0 Å². The number of halogens is 1. The summed E-state index contributed by atoms with van der Waals surface area (Å²) in [6, 6.07) is 0.477. The van der Waals surface area contributed by atoms with Crippen molar-refractivity contribution in [3.05, 3.63) is 16.4 Å². The molecule has 0 fully saturated rings. The molecule has 0 radical (unpaired) electrons. The zero-order valence-electron chi connectivity index (χ0n) is 11.5. The molecule has 0 amide bonds. The summed E-state index contributed by atoms with van der Waals surface area (Å²) in [5.41, 5.74) is 2.23. The van der Waals surface area contributed by atoms with Gasteiger partial charge in [-0.2, -0.15) is 5.10 Å². The SMILES string of the molecule is CCC(CC)C(Cc1c(C)nn(C)c1Cl)NC. The highest BCUT2D eigenvalue weighted by Gasteiger charge is 2.21. The summed E-state index contributed by atoms with van der Waals surface area (Å²) in [4.78, 5) is 0. The predicted octanol–water partition coefficient (Wildman–Crippen LogP) is 2.95. The van der Waals surface area contributed by atoms with Crippen LogP contribution in [0.5, 0.6) is 0 Å². The Balaban J connectivity index is 2.87. The summed E-state index contributed by atoms with van der Waals surface area (Å²) in [5.74, 6) is 0.690. The van der Waals surface area contributed by atoms with Crippen LogP contribution in [-0.2, 0) is 13.5 Å². The lowest BCUT2D eigenvalue weighted by molar-refractivity contribution is 0.349. The summed E-state index contributed by atoms with van der Waals surface area (Å²) in [5, 5.41) is 8.56. The summed E-state index contributed by atoms with van der Waals surface area (Å²) in [6.07, 6.45) is 3.35. The molecule has 1 aromatic heterocycles. The molecule has 0 aliphatic rings. The zero-order valence-corrected chi connectivity index (χ0v) is 12.3. The molecule has 0 spiro atoms. The number of aromatic nitrogens is 2. The molecule has 0 saturated carbocycles. The van der Waals surface area contributed by atoms with Crippen LogP contribution in [0.3, 0.4) is 0 Å². The molecule has 4 heteroatoms. The van der Waals surface area contributed by atoms with Crippen molar-refractivity contribution >= 4 is 11.6 Å². The summed E-state index contributed by atoms with van der Waals surface area (Å²) < 4.78 is 1.76. The highest BCUT2D eigenvalue weighted by molar-refractivity contribution is 6.30. The maximum atomic E-state index is 6.28. The minimum absolute atomic E-state index is 0.477. The van der Waals surface area contributed by atoms with Crippen LogP contribution >= 0.6 is 11.6 Å². The van der Waals surface area contributed by atoms with Gasteiger partial charge in [-0.1, -0.05) is 38.3 Å². The maximum absolute atomic E-state index is 6.28. The highest BCUT2D eigenvalue weighted by atomic mass is 35.5. The van der Waals surface area contributed by atoms with E-state index < -0.39 is 0 Å². The van der Waals surface area contributed by atoms with Gasteiger partial charge in [-0.05, 0) is 26.3 Å². The first-order chi connectivity index (χ1) is 8.04. The van der Waals surface area contributed by atoms with Crippen molar-refractivity contribution in [2.75, 3.05) is 7.05 Å². The fraction of sp³-hybridized carbons (Fsp3) is 0.769. The smallest absolute Gasteiger partial charge is 0.130 e. The quantitative estimate of drug-likeness (QED) is 0.849. The van der Waals surface area contributed by atoms with Crippen molar-refractivity contribution in [3.63, 3.8) is 0 Å². The third kappa shape index (κ3) is 3.23. The zero-order chi connectivity index (χ0) is 13.0. The fourth-order valence-electron chi connectivity index (χ4n) is 2.49. The molecule has 0 saturated heterocycles. The third-order valence-electron chi connectivity index (χ3n) is 3.68. The van der Waals surface area contributed by atoms with Gasteiger partial charge in [0, 0.05) is 18.7 Å². The Kier molecular flexibility index (Phi) is 5.47. The highest BCUT2D eigenvalue weighted by Crippen LogP contribution is 2.24. The molecule has 1 rings (SSSR count). The number of likely N-dealkylation sites (N-methyl/N-ethyl adjacent to an activating group) is 1. The standard InChI is InChI=1S/C13H24ClN3/c1-6-10(7-2)12(15-4)8-11-9(3)16-17(5)13(11)14/h10,12,15H,6-8H2,1-5H3. The van der Waals surface area contributed by atoms with Crippen molar-refractivity contribution in [1.82, 2.24) is 15.1 Å². The maximum Gasteiger partial charge on any atom is 0.130 e. The van der Waals surface area contributed by atoms with E-state index in [1.165, 1.54) is 18.4 Å². The molecular formula is C13H24ClN3. The van der Waals surface area contributed by atoms with Gasteiger partial charge in [-0.15, -0.1) is 0 Å². The molecule has 1 unspecified atom stereocenters. The number of aryl methyl sites for hydroxylation is 2. The van der Waals surface area contributed by atoms with Gasteiger partial charge in [0.15, 0.2) is 0 Å². The van der Waals surface area contributed by atoms with E-state index in [9.17, 15) is 0 Å². The molecule has 1 aromatic rings. The predicted molar refractivity (Wildman–Crippen MR) is 73.6 cm³/mol. The molecule has 17 heavy (non-hydrogen) atoms. The largest absolute Gasteiger partial charge is 0.316 e. The molecular weight excluding hydrogens is 234 g/mol. The fourth-order valence-corrected chi connectivity index (χ4v) is 2.74. The molecule has 1 heterocycles. The first kappa shape index (κ1) is 14.5. The van der Waals surface area contributed by atoms with Gasteiger partial charge in [-0.3, -0.25) is 4.68 Å². The molecule has 0 aliphatic heterocycles. The topological polar surface area (TPSA) is 29.9 Å². The molecule has 98 valence electrons. The minimum atomic E-state index is 0.477. The van der Waals surface area contributed by atoms with Crippen LogP contribution in [0.15, 0.2) is 0 Å². The Morgan fingerprint density at radius 3 is 2.29 bits per heavy atom. The molecule has 3 nitrogen and oxygen atoms in total. The second-order valence-electron chi connectivity index (χ2n) is 4.65. The molecule has 0 aliphatic carbocycles. The van der Waals surface area contributed by atoms with Crippen LogP contribution in [0, 0.1) is 12.8 Å². The number of nitrogens with zero attached hydrogens (tertiary/aromatic N) is 2. The average Bonchev–Trinajstić information content (AvgIpc) is 2.55. The van der Waals surface area contributed by atoms with Gasteiger partial charge >= 0.3 is 0 Å². The summed E-state index contributed by atoms with van der Waals surface area (Å²) in [6.45, 7) is 6.52. The molecule has 0 aromatic carbocycles. The lowest BCUT2D eigenvalue weighted by Gasteiger charge is -2.24. The van der Waals surface area contributed by atoms with E-state index in [4.69, 9.17) is 11.6 Å². The summed E-state index contributed by atoms with van der Waals surface area (Å²) in [7, 11) is 3.92. The van der Waals surface area contributed by atoms with E-state index in [0.717, 1.165) is 17.3 Å². The summed E-state index contributed by atoms with van der Waals surface area (Å²) >= 11 is 6.28. The third-order valence-corrected chi connectivity index (χ3v) is 4.16. The monoisotopic (exact) mass is 257 g/mol. The van der Waals surface area contributed by atoms with Crippen molar-refractivity contribution < 1.29 is 0 Å². The van der Waals surface area contributed by atoms with Crippen molar-refractivity contribution in [2.45, 2.75) is 46.1 Å². The van der Waals surface area contributed by atoms with E-state index in [1.807, 2.05) is 21.0 Å². The molecule has 1 atom stereocenters. The number of rotatable bonds is 6. The van der Waals surface area contributed by atoms with Crippen molar-refractivity contribution in [2.24, 2.45) is 13.0 Å². The normalized spacial score (nSPS) is 13.4. The number of hydrogen-bond donors (Lipinski definition) is 1. The van der Waals surface area contributed by atoms with Crippen molar-refractivity contribution in [3.8, 4) is 0 Å². The van der Waals surface area contributed by atoms with Crippen molar-refractivity contribution in [1.29, 1.82) is 0 Å². The van der Waals surface area contributed by atoms with Gasteiger partial charge in [0.2, 0.25) is 0 Å². The number of nitrogens with one attached hydrogen (secondary N) is 1. The first-order valence-electron chi connectivity index (χ1n) is 6.40. The van der Waals surface area contributed by atoms with Crippen LogP contribution in [0.2, 0.25) is 5.15 Å². The second-order valence-corrected chi connectivity index (χ2v) is 5.01. The Bertz CT molecular complexity index is 356. The average molecular weight is 258 g/mol. The molecule has 0 bridgehead atoms. The van der Waals surface area contributed by atoms with Crippen LogP contribution in [-0.4, -0.2) is 22.9 Å². The molecule has 1 N–H and O–H groups in total.